The Morgan fingerprint density at radius 1 is 1.27 bits per heavy atom. The molecule has 0 bridgehead atoms. The summed E-state index contributed by atoms with van der Waals surface area (Å²) in [6.45, 7) is 5.01. The maximum absolute atomic E-state index is 13.5. The van der Waals surface area contributed by atoms with Gasteiger partial charge in [0.1, 0.15) is 16.2 Å². The normalized spacial score (nSPS) is 12.4. The van der Waals surface area contributed by atoms with Crippen molar-refractivity contribution in [2.75, 3.05) is 7.11 Å². The van der Waals surface area contributed by atoms with Crippen molar-refractivity contribution in [2.45, 2.75) is 31.3 Å². The number of nitrogens with zero attached hydrogens (tertiary/aromatic N) is 1. The molecule has 0 aliphatic heterocycles. The van der Waals surface area contributed by atoms with E-state index in [0.717, 1.165) is 10.8 Å². The van der Waals surface area contributed by atoms with Crippen LogP contribution < -0.4 is 4.74 Å². The highest BCUT2D eigenvalue weighted by Gasteiger charge is 2.27. The van der Waals surface area contributed by atoms with Crippen molar-refractivity contribution in [1.29, 1.82) is 0 Å². The number of halogens is 1. The molecule has 2 rings (SSSR count). The number of hydrogen-bond acceptors (Lipinski definition) is 5. The van der Waals surface area contributed by atoms with Crippen molar-refractivity contribution in [3.8, 4) is 5.75 Å². The van der Waals surface area contributed by atoms with Crippen LogP contribution in [0.4, 0.5) is 8.68 Å². The summed E-state index contributed by atoms with van der Waals surface area (Å²) in [5.41, 5.74) is -0.591. The Bertz CT molecular complexity index is 833. The average Bonchev–Trinajstić information content (AvgIpc) is 2.75. The lowest BCUT2D eigenvalue weighted by atomic mass is 10.2. The van der Waals surface area contributed by atoms with Crippen molar-refractivity contribution in [3.05, 3.63) is 24.4 Å². The number of benzene rings is 1. The zero-order chi connectivity index (χ0) is 16.7. The van der Waals surface area contributed by atoms with Crippen LogP contribution in [-0.4, -0.2) is 31.8 Å². The van der Waals surface area contributed by atoms with E-state index in [0.29, 0.717) is 0 Å². The minimum Gasteiger partial charge on any atom is -0.496 e. The number of aromatic nitrogens is 1. The van der Waals surface area contributed by atoms with Crippen LogP contribution in [0.15, 0.2) is 29.3 Å². The van der Waals surface area contributed by atoms with E-state index in [-0.39, 0.29) is 16.7 Å². The molecule has 0 saturated carbocycles. The molecule has 0 fully saturated rings. The van der Waals surface area contributed by atoms with Crippen LogP contribution in [0.2, 0.25) is 0 Å². The summed E-state index contributed by atoms with van der Waals surface area (Å²) in [6, 6.07) is 4.53. The maximum Gasteiger partial charge on any atom is 0.419 e. The van der Waals surface area contributed by atoms with Gasteiger partial charge in [0.2, 0.25) is 0 Å². The van der Waals surface area contributed by atoms with Gasteiger partial charge in [-0.3, -0.25) is 4.57 Å². The Hall–Kier alpha value is -2.09. The Labute approximate surface area is 127 Å². The molecule has 0 unspecified atom stereocenters. The molecule has 0 N–H and O–H groups in total. The number of methoxy groups -OCH3 is 1. The van der Waals surface area contributed by atoms with Gasteiger partial charge in [-0.1, -0.05) is 6.07 Å². The van der Waals surface area contributed by atoms with Gasteiger partial charge in [-0.25, -0.2) is 4.79 Å². The van der Waals surface area contributed by atoms with Crippen LogP contribution in [0.5, 0.6) is 5.75 Å². The van der Waals surface area contributed by atoms with E-state index in [2.05, 4.69) is 0 Å². The minimum absolute atomic E-state index is 0.00152. The highest BCUT2D eigenvalue weighted by molar-refractivity contribution is 7.86. The molecule has 0 spiro atoms. The predicted molar refractivity (Wildman–Crippen MR) is 78.4 cm³/mol. The SMILES string of the molecule is COc1cccc2c1c(S(=O)(=O)F)cn2C(=O)OC(C)(C)C. The molecule has 2 aromatic rings. The highest BCUT2D eigenvalue weighted by Crippen LogP contribution is 2.34. The van der Waals surface area contributed by atoms with Crippen molar-refractivity contribution in [1.82, 2.24) is 4.57 Å². The first-order valence-corrected chi connectivity index (χ1v) is 7.79. The van der Waals surface area contributed by atoms with E-state index < -0.39 is 26.8 Å². The largest absolute Gasteiger partial charge is 0.496 e. The molecule has 1 heterocycles. The molecule has 1 aromatic carbocycles. The highest BCUT2D eigenvalue weighted by atomic mass is 32.3. The van der Waals surface area contributed by atoms with Crippen LogP contribution in [0.25, 0.3) is 10.9 Å². The molecular weight excluding hydrogens is 313 g/mol. The van der Waals surface area contributed by atoms with E-state index in [1.54, 1.807) is 26.8 Å². The van der Waals surface area contributed by atoms with Gasteiger partial charge in [0.25, 0.3) is 0 Å². The Kier molecular flexibility index (Phi) is 3.90. The van der Waals surface area contributed by atoms with E-state index in [4.69, 9.17) is 9.47 Å². The van der Waals surface area contributed by atoms with Gasteiger partial charge in [0.15, 0.2) is 0 Å². The number of rotatable bonds is 2. The lowest BCUT2D eigenvalue weighted by Crippen LogP contribution is -2.26. The van der Waals surface area contributed by atoms with Crippen molar-refractivity contribution >= 4 is 27.2 Å². The summed E-state index contributed by atoms with van der Waals surface area (Å²) < 4.78 is 47.4. The third kappa shape index (κ3) is 3.06. The maximum atomic E-state index is 13.5. The number of carbonyl (C=O) groups is 1. The molecule has 0 aliphatic carbocycles. The lowest BCUT2D eigenvalue weighted by molar-refractivity contribution is 0.0544. The summed E-state index contributed by atoms with van der Waals surface area (Å²) in [4.78, 5) is 11.6. The summed E-state index contributed by atoms with van der Waals surface area (Å²) in [5, 5.41) is -0.00152. The molecule has 0 saturated heterocycles. The fourth-order valence-corrected chi connectivity index (χ4v) is 2.72. The fourth-order valence-electron chi connectivity index (χ4n) is 2.04. The van der Waals surface area contributed by atoms with Gasteiger partial charge in [-0.05, 0) is 32.9 Å². The van der Waals surface area contributed by atoms with Crippen molar-refractivity contribution < 1.29 is 26.6 Å². The second kappa shape index (κ2) is 5.28. The van der Waals surface area contributed by atoms with Crippen molar-refractivity contribution in [2.24, 2.45) is 0 Å². The summed E-state index contributed by atoms with van der Waals surface area (Å²) >= 11 is 0. The molecule has 22 heavy (non-hydrogen) atoms. The molecule has 6 nitrogen and oxygen atoms in total. The minimum atomic E-state index is -5.03. The first-order valence-electron chi connectivity index (χ1n) is 6.40. The summed E-state index contributed by atoms with van der Waals surface area (Å²) in [6.07, 6.45) is 0.0944. The second-order valence-corrected chi connectivity index (χ2v) is 6.95. The number of hydrogen-bond donors (Lipinski definition) is 0. The fraction of sp³-hybridized carbons (Fsp3) is 0.357. The zero-order valence-electron chi connectivity index (χ0n) is 12.6. The van der Waals surface area contributed by atoms with Crippen molar-refractivity contribution in [3.63, 3.8) is 0 Å². The monoisotopic (exact) mass is 329 g/mol. The van der Waals surface area contributed by atoms with Gasteiger partial charge in [-0.2, -0.15) is 8.42 Å². The average molecular weight is 329 g/mol. The topological polar surface area (TPSA) is 74.6 Å². The molecule has 8 heteroatoms. The second-order valence-electron chi connectivity index (χ2n) is 5.64. The molecule has 120 valence electrons. The molecule has 0 amide bonds. The van der Waals surface area contributed by atoms with Gasteiger partial charge in [-0.15, -0.1) is 3.89 Å². The van der Waals surface area contributed by atoms with Crippen LogP contribution in [0.1, 0.15) is 20.8 Å². The van der Waals surface area contributed by atoms with Gasteiger partial charge >= 0.3 is 16.3 Å². The van der Waals surface area contributed by atoms with Gasteiger partial charge in [0.05, 0.1) is 18.0 Å². The molecular formula is C14H16FNO5S. The van der Waals surface area contributed by atoms with Crippen LogP contribution in [0, 0.1) is 0 Å². The van der Waals surface area contributed by atoms with E-state index in [1.165, 1.54) is 19.2 Å². The first-order chi connectivity index (χ1) is 10.0. The zero-order valence-corrected chi connectivity index (χ0v) is 13.4. The van der Waals surface area contributed by atoms with Gasteiger partial charge in [0, 0.05) is 6.20 Å². The van der Waals surface area contributed by atoms with Gasteiger partial charge < -0.3 is 9.47 Å². The Morgan fingerprint density at radius 2 is 1.91 bits per heavy atom. The van der Waals surface area contributed by atoms with E-state index in [1.807, 2.05) is 0 Å². The molecule has 0 atom stereocenters. The molecule has 0 aliphatic rings. The van der Waals surface area contributed by atoms with E-state index in [9.17, 15) is 17.1 Å². The van der Waals surface area contributed by atoms with Crippen LogP contribution in [0.3, 0.4) is 0 Å². The quantitative estimate of drug-likeness (QED) is 0.792. The predicted octanol–water partition coefficient (Wildman–Crippen LogP) is 3.09. The summed E-state index contributed by atoms with van der Waals surface area (Å²) in [5.74, 6) is 0.149. The Morgan fingerprint density at radius 3 is 2.41 bits per heavy atom. The first kappa shape index (κ1) is 16.3. The summed E-state index contributed by atoms with van der Waals surface area (Å²) in [7, 11) is -3.70. The standard InChI is InChI=1S/C14H16FNO5S/c1-14(2,3)21-13(17)16-8-11(22(15,18)19)12-9(16)6-5-7-10(12)20-4/h5-8H,1-4H3. The lowest BCUT2D eigenvalue weighted by Gasteiger charge is -2.19. The number of ether oxygens (including phenoxy) is 2. The van der Waals surface area contributed by atoms with Crippen LogP contribution in [-0.2, 0) is 15.0 Å². The van der Waals surface area contributed by atoms with E-state index >= 15 is 0 Å². The van der Waals surface area contributed by atoms with Crippen LogP contribution >= 0.6 is 0 Å². The third-order valence-electron chi connectivity index (χ3n) is 2.83. The third-order valence-corrected chi connectivity index (χ3v) is 3.66. The Balaban J connectivity index is 2.75. The number of carbonyl (C=O) groups excluding carboxylic acids is 1. The number of fused-ring (bicyclic) bond motifs is 1. The molecule has 1 aromatic heterocycles. The molecule has 0 radical (unpaired) electrons. The smallest absolute Gasteiger partial charge is 0.419 e.